The van der Waals surface area contributed by atoms with Crippen LogP contribution in [0.3, 0.4) is 0 Å². The fourth-order valence-corrected chi connectivity index (χ4v) is 5.53. The van der Waals surface area contributed by atoms with E-state index in [0.717, 1.165) is 6.42 Å². The molecular weight excluding hydrogens is 416 g/mol. The van der Waals surface area contributed by atoms with Gasteiger partial charge in [-0.3, -0.25) is 14.6 Å². The normalized spacial score (nSPS) is 19.5. The van der Waals surface area contributed by atoms with Crippen LogP contribution >= 0.6 is 0 Å². The van der Waals surface area contributed by atoms with E-state index in [9.17, 15) is 18.0 Å². The summed E-state index contributed by atoms with van der Waals surface area (Å²) in [6, 6.07) is 9.39. The smallest absolute Gasteiger partial charge is 0.252 e. The summed E-state index contributed by atoms with van der Waals surface area (Å²) in [5, 5.41) is 5.40. The summed E-state index contributed by atoms with van der Waals surface area (Å²) in [6.45, 7) is 5.52. The summed E-state index contributed by atoms with van der Waals surface area (Å²) in [7, 11) is -3.66. The molecule has 2 aromatic rings. The maximum Gasteiger partial charge on any atom is 0.252 e. The molecule has 1 saturated heterocycles. The molecule has 1 fully saturated rings. The Balaban J connectivity index is 1.58. The van der Waals surface area contributed by atoms with Crippen molar-refractivity contribution in [3.63, 3.8) is 0 Å². The summed E-state index contributed by atoms with van der Waals surface area (Å²) < 4.78 is 27.6. The first-order chi connectivity index (χ1) is 14.8. The summed E-state index contributed by atoms with van der Waals surface area (Å²) in [4.78, 5) is 28.5. The second kappa shape index (κ2) is 10.0. The number of nitrogens with zero attached hydrogens (tertiary/aromatic N) is 2. The maximum atomic E-state index is 13.1. The molecule has 1 aromatic carbocycles. The van der Waals surface area contributed by atoms with Gasteiger partial charge in [0.25, 0.3) is 11.8 Å². The average Bonchev–Trinajstić information content (AvgIpc) is 2.76. The van der Waals surface area contributed by atoms with E-state index in [4.69, 9.17) is 0 Å². The number of hydrogen-bond donors (Lipinski definition) is 2. The van der Waals surface area contributed by atoms with Gasteiger partial charge in [-0.05, 0) is 48.6 Å². The van der Waals surface area contributed by atoms with Gasteiger partial charge in [0, 0.05) is 44.1 Å². The van der Waals surface area contributed by atoms with E-state index < -0.39 is 15.9 Å². The number of carbonyl (C=O) groups is 2. The molecule has 9 heteroatoms. The van der Waals surface area contributed by atoms with Crippen molar-refractivity contribution in [2.45, 2.75) is 25.2 Å². The van der Waals surface area contributed by atoms with Gasteiger partial charge in [-0.15, -0.1) is 0 Å². The van der Waals surface area contributed by atoms with Crippen molar-refractivity contribution in [3.05, 3.63) is 59.9 Å². The van der Waals surface area contributed by atoms with E-state index in [-0.39, 0.29) is 29.5 Å². The molecule has 0 spiro atoms. The molecule has 1 aromatic heterocycles. The first kappa shape index (κ1) is 22.9. The molecule has 2 heterocycles. The second-order valence-corrected chi connectivity index (χ2v) is 9.99. The fraction of sp³-hybridized carbons (Fsp3) is 0.409. The second-order valence-electron chi connectivity index (χ2n) is 8.05. The molecule has 2 N–H and O–H groups in total. The van der Waals surface area contributed by atoms with Crippen molar-refractivity contribution >= 4 is 21.8 Å². The Morgan fingerprint density at radius 1 is 1.00 bits per heavy atom. The van der Waals surface area contributed by atoms with Crippen LogP contribution in [0.5, 0.6) is 0 Å². The molecule has 2 amide bonds. The minimum atomic E-state index is -3.66. The lowest BCUT2D eigenvalue weighted by atomic mass is 9.94. The van der Waals surface area contributed by atoms with E-state index in [1.165, 1.54) is 22.6 Å². The highest BCUT2D eigenvalue weighted by molar-refractivity contribution is 7.89. The fourth-order valence-electron chi connectivity index (χ4n) is 3.80. The highest BCUT2D eigenvalue weighted by Gasteiger charge is 2.31. The van der Waals surface area contributed by atoms with Crippen molar-refractivity contribution in [3.8, 4) is 0 Å². The Bertz CT molecular complexity index is 1020. The van der Waals surface area contributed by atoms with E-state index >= 15 is 0 Å². The third-order valence-electron chi connectivity index (χ3n) is 5.19. The van der Waals surface area contributed by atoms with Crippen LogP contribution in [-0.2, 0) is 10.0 Å². The number of rotatable bonds is 7. The number of sulfonamides is 1. The minimum absolute atomic E-state index is 0.117. The largest absolute Gasteiger partial charge is 0.350 e. The third-order valence-corrected chi connectivity index (χ3v) is 7.02. The lowest BCUT2D eigenvalue weighted by Gasteiger charge is -2.34. The Kier molecular flexibility index (Phi) is 7.40. The summed E-state index contributed by atoms with van der Waals surface area (Å²) >= 11 is 0. The Morgan fingerprint density at radius 2 is 1.61 bits per heavy atom. The van der Waals surface area contributed by atoms with Crippen LogP contribution in [0, 0.1) is 11.8 Å². The van der Waals surface area contributed by atoms with Gasteiger partial charge in [0.15, 0.2) is 0 Å². The van der Waals surface area contributed by atoms with Crippen molar-refractivity contribution in [2.75, 3.05) is 26.2 Å². The topological polar surface area (TPSA) is 108 Å². The molecule has 2 unspecified atom stereocenters. The number of hydrogen-bond acceptors (Lipinski definition) is 5. The van der Waals surface area contributed by atoms with E-state index in [2.05, 4.69) is 29.5 Å². The zero-order valence-electron chi connectivity index (χ0n) is 17.7. The van der Waals surface area contributed by atoms with Crippen molar-refractivity contribution < 1.29 is 18.0 Å². The summed E-state index contributed by atoms with van der Waals surface area (Å²) in [5.41, 5.74) is 0.700. The highest BCUT2D eigenvalue weighted by Crippen LogP contribution is 2.27. The van der Waals surface area contributed by atoms with Crippen molar-refractivity contribution in [2.24, 2.45) is 11.8 Å². The molecule has 2 atom stereocenters. The Labute approximate surface area is 183 Å². The number of benzene rings is 1. The zero-order valence-corrected chi connectivity index (χ0v) is 18.6. The number of nitrogens with one attached hydrogen (secondary N) is 2. The van der Waals surface area contributed by atoms with Crippen LogP contribution in [-0.4, -0.2) is 55.7 Å². The molecule has 3 rings (SSSR count). The van der Waals surface area contributed by atoms with Crippen LogP contribution in [0.25, 0.3) is 0 Å². The minimum Gasteiger partial charge on any atom is -0.350 e. The van der Waals surface area contributed by atoms with Crippen LogP contribution in [0.4, 0.5) is 0 Å². The quantitative estimate of drug-likeness (QED) is 0.634. The van der Waals surface area contributed by atoms with Gasteiger partial charge in [0.2, 0.25) is 10.0 Å². The monoisotopic (exact) mass is 444 g/mol. The van der Waals surface area contributed by atoms with Gasteiger partial charge in [-0.25, -0.2) is 8.42 Å². The van der Waals surface area contributed by atoms with Gasteiger partial charge in [0.05, 0.1) is 10.5 Å². The lowest BCUT2D eigenvalue weighted by Crippen LogP contribution is -2.42. The van der Waals surface area contributed by atoms with E-state index in [1.807, 2.05) is 0 Å². The molecule has 166 valence electrons. The molecule has 1 aliphatic rings. The van der Waals surface area contributed by atoms with Crippen molar-refractivity contribution in [1.82, 2.24) is 19.9 Å². The Hall–Kier alpha value is -2.78. The molecule has 0 saturated carbocycles. The number of pyridine rings is 1. The first-order valence-electron chi connectivity index (χ1n) is 10.3. The number of amides is 2. The van der Waals surface area contributed by atoms with Crippen LogP contribution in [0.15, 0.2) is 53.7 Å². The van der Waals surface area contributed by atoms with Gasteiger partial charge in [-0.2, -0.15) is 4.31 Å². The molecule has 31 heavy (non-hydrogen) atoms. The van der Waals surface area contributed by atoms with Gasteiger partial charge in [-0.1, -0.05) is 19.9 Å². The highest BCUT2D eigenvalue weighted by atomic mass is 32.2. The SMILES string of the molecule is CC1CC(C)CN(S(=O)(=O)c2cccc(C(=O)NCCNC(=O)c3cccnc3)c2)C1. The van der Waals surface area contributed by atoms with Crippen LogP contribution in [0.1, 0.15) is 41.0 Å². The van der Waals surface area contributed by atoms with Gasteiger partial charge >= 0.3 is 0 Å². The molecule has 0 aliphatic carbocycles. The molecular formula is C22H28N4O4S. The first-order valence-corrected chi connectivity index (χ1v) is 11.8. The van der Waals surface area contributed by atoms with Crippen molar-refractivity contribution in [1.29, 1.82) is 0 Å². The molecule has 8 nitrogen and oxygen atoms in total. The molecule has 0 bridgehead atoms. The average molecular weight is 445 g/mol. The van der Waals surface area contributed by atoms with Gasteiger partial charge in [0.1, 0.15) is 0 Å². The predicted molar refractivity (Wildman–Crippen MR) is 117 cm³/mol. The van der Waals surface area contributed by atoms with Crippen LogP contribution in [0.2, 0.25) is 0 Å². The van der Waals surface area contributed by atoms with E-state index in [0.29, 0.717) is 30.5 Å². The lowest BCUT2D eigenvalue weighted by molar-refractivity contribution is 0.0927. The molecule has 1 aliphatic heterocycles. The predicted octanol–water partition coefficient (Wildman–Crippen LogP) is 1.91. The third kappa shape index (κ3) is 5.89. The maximum absolute atomic E-state index is 13.1. The molecule has 0 radical (unpaired) electrons. The van der Waals surface area contributed by atoms with Crippen LogP contribution < -0.4 is 10.6 Å². The summed E-state index contributed by atoms with van der Waals surface area (Å²) in [5.74, 6) is -0.0766. The number of piperidine rings is 1. The number of carbonyl (C=O) groups excluding carboxylic acids is 2. The summed E-state index contributed by atoms with van der Waals surface area (Å²) in [6.07, 6.45) is 4.05. The Morgan fingerprint density at radius 3 is 2.23 bits per heavy atom. The number of aromatic nitrogens is 1. The zero-order chi connectivity index (χ0) is 22.4. The van der Waals surface area contributed by atoms with Gasteiger partial charge < -0.3 is 10.6 Å². The van der Waals surface area contributed by atoms with E-state index in [1.54, 1.807) is 30.5 Å². The standard InChI is InChI=1S/C22H28N4O4S/c1-16-11-17(2)15-26(14-16)31(29,30)20-7-3-5-18(12-20)21(27)24-9-10-25-22(28)19-6-4-8-23-13-19/h3-8,12-13,16-17H,9-11,14-15H2,1-2H3,(H,24,27)(H,25,28).